The smallest absolute Gasteiger partial charge is 0.168 e. The summed E-state index contributed by atoms with van der Waals surface area (Å²) in [7, 11) is 0. The molecule has 2 aromatic rings. The highest BCUT2D eigenvalue weighted by molar-refractivity contribution is 7.98. The summed E-state index contributed by atoms with van der Waals surface area (Å²) in [6.07, 6.45) is 2.81. The average Bonchev–Trinajstić information content (AvgIpc) is 2.39. The zero-order valence-corrected chi connectivity index (χ0v) is 9.70. The van der Waals surface area contributed by atoms with E-state index >= 15 is 0 Å². The van der Waals surface area contributed by atoms with Crippen molar-refractivity contribution in [3.63, 3.8) is 0 Å². The maximum absolute atomic E-state index is 10.6. The molecule has 16 heavy (non-hydrogen) atoms. The van der Waals surface area contributed by atoms with Crippen LogP contribution in [0.2, 0.25) is 0 Å². The van der Waals surface area contributed by atoms with Crippen molar-refractivity contribution in [2.45, 2.75) is 4.90 Å². The lowest BCUT2D eigenvalue weighted by Crippen LogP contribution is -1.89. The number of aromatic nitrogens is 1. The van der Waals surface area contributed by atoms with Crippen LogP contribution in [0.1, 0.15) is 10.5 Å². The molecule has 0 saturated carbocycles. The van der Waals surface area contributed by atoms with Crippen molar-refractivity contribution in [1.29, 1.82) is 0 Å². The van der Waals surface area contributed by atoms with E-state index in [-0.39, 0.29) is 0 Å². The average molecular weight is 229 g/mol. The van der Waals surface area contributed by atoms with Crippen LogP contribution in [-0.2, 0) is 0 Å². The molecule has 0 aliphatic carbocycles. The number of carbonyl (C=O) groups is 1. The minimum absolute atomic E-state index is 0.464. The number of pyridine rings is 1. The molecule has 2 rings (SSSR count). The Bertz CT molecular complexity index is 494. The maximum Gasteiger partial charge on any atom is 0.168 e. The second-order valence-corrected chi connectivity index (χ2v) is 4.17. The molecule has 2 nitrogen and oxygen atoms in total. The van der Waals surface area contributed by atoms with Crippen LogP contribution >= 0.6 is 11.8 Å². The molecule has 1 aromatic heterocycles. The van der Waals surface area contributed by atoms with Gasteiger partial charge in [-0.25, -0.2) is 4.98 Å². The summed E-state index contributed by atoms with van der Waals surface area (Å²) in [6.45, 7) is 0. The summed E-state index contributed by atoms with van der Waals surface area (Å²) >= 11 is 1.70. The van der Waals surface area contributed by atoms with Crippen molar-refractivity contribution >= 4 is 18.0 Å². The molecule has 0 aliphatic rings. The first kappa shape index (κ1) is 10.9. The molecule has 0 radical (unpaired) electrons. The Hall–Kier alpha value is -1.61. The third kappa shape index (κ3) is 2.31. The molecule has 0 amide bonds. The molecule has 0 aliphatic heterocycles. The number of benzene rings is 1. The van der Waals surface area contributed by atoms with Gasteiger partial charge in [-0.2, -0.15) is 0 Å². The lowest BCUT2D eigenvalue weighted by molar-refractivity contribution is 0.111. The molecule has 3 heteroatoms. The topological polar surface area (TPSA) is 30.0 Å². The van der Waals surface area contributed by atoms with Gasteiger partial charge in [0.05, 0.1) is 5.69 Å². The lowest BCUT2D eigenvalue weighted by Gasteiger charge is -2.02. The van der Waals surface area contributed by atoms with E-state index in [4.69, 9.17) is 0 Å². The number of hydrogen-bond donors (Lipinski definition) is 0. The Morgan fingerprint density at radius 1 is 1.12 bits per heavy atom. The second kappa shape index (κ2) is 4.94. The van der Waals surface area contributed by atoms with Crippen molar-refractivity contribution in [2.75, 3.05) is 6.26 Å². The largest absolute Gasteiger partial charge is 0.296 e. The molecule has 0 fully saturated rings. The van der Waals surface area contributed by atoms with Crippen molar-refractivity contribution in [1.82, 2.24) is 4.98 Å². The van der Waals surface area contributed by atoms with E-state index in [2.05, 4.69) is 17.1 Å². The SMILES string of the molecule is CSc1ccc(-c2cccc(C=O)n2)cc1. The highest BCUT2D eigenvalue weighted by Crippen LogP contribution is 2.21. The monoisotopic (exact) mass is 229 g/mol. The third-order valence-electron chi connectivity index (χ3n) is 2.28. The Balaban J connectivity index is 2.38. The molecule has 0 unspecified atom stereocenters. The lowest BCUT2D eigenvalue weighted by atomic mass is 10.1. The minimum atomic E-state index is 0.464. The quantitative estimate of drug-likeness (QED) is 0.597. The summed E-state index contributed by atoms with van der Waals surface area (Å²) in [4.78, 5) is 16.1. The zero-order valence-electron chi connectivity index (χ0n) is 8.88. The van der Waals surface area contributed by atoms with Crippen LogP contribution in [0.3, 0.4) is 0 Å². The summed E-state index contributed by atoms with van der Waals surface area (Å²) in [5.74, 6) is 0. The predicted molar refractivity (Wildman–Crippen MR) is 66.8 cm³/mol. The van der Waals surface area contributed by atoms with Crippen molar-refractivity contribution < 1.29 is 4.79 Å². The van der Waals surface area contributed by atoms with Crippen LogP contribution in [-0.4, -0.2) is 17.5 Å². The van der Waals surface area contributed by atoms with Gasteiger partial charge in [-0.15, -0.1) is 11.8 Å². The summed E-state index contributed by atoms with van der Waals surface area (Å²) in [5, 5.41) is 0. The minimum Gasteiger partial charge on any atom is -0.296 e. The van der Waals surface area contributed by atoms with E-state index in [9.17, 15) is 4.79 Å². The van der Waals surface area contributed by atoms with Crippen LogP contribution in [0, 0.1) is 0 Å². The summed E-state index contributed by atoms with van der Waals surface area (Å²) < 4.78 is 0. The van der Waals surface area contributed by atoms with Crippen molar-refractivity contribution in [3.8, 4) is 11.3 Å². The Labute approximate surface area is 98.7 Å². The van der Waals surface area contributed by atoms with E-state index in [0.717, 1.165) is 17.5 Å². The van der Waals surface area contributed by atoms with Gasteiger partial charge in [-0.1, -0.05) is 18.2 Å². The first-order valence-corrected chi connectivity index (χ1v) is 6.12. The van der Waals surface area contributed by atoms with Crippen LogP contribution in [0.5, 0.6) is 0 Å². The number of hydrogen-bond acceptors (Lipinski definition) is 3. The van der Waals surface area contributed by atoms with Gasteiger partial charge in [0.2, 0.25) is 0 Å². The highest BCUT2D eigenvalue weighted by atomic mass is 32.2. The predicted octanol–water partition coefficient (Wildman–Crippen LogP) is 3.28. The number of rotatable bonds is 3. The first-order valence-electron chi connectivity index (χ1n) is 4.90. The fourth-order valence-corrected chi connectivity index (χ4v) is 1.85. The third-order valence-corrected chi connectivity index (χ3v) is 3.02. The van der Waals surface area contributed by atoms with Gasteiger partial charge in [0.1, 0.15) is 5.69 Å². The molecular formula is C13H11NOS. The standard InChI is InChI=1S/C13H11NOS/c1-16-12-7-5-10(6-8-12)13-4-2-3-11(9-15)14-13/h2-9H,1H3. The van der Waals surface area contributed by atoms with Gasteiger partial charge >= 0.3 is 0 Å². The number of aldehydes is 1. The molecule has 80 valence electrons. The Morgan fingerprint density at radius 2 is 1.88 bits per heavy atom. The van der Waals surface area contributed by atoms with Crippen molar-refractivity contribution in [2.24, 2.45) is 0 Å². The van der Waals surface area contributed by atoms with E-state index in [1.807, 2.05) is 30.5 Å². The number of carbonyl (C=O) groups excluding carboxylic acids is 1. The summed E-state index contributed by atoms with van der Waals surface area (Å²) in [5.41, 5.74) is 2.32. The molecule has 1 aromatic carbocycles. The molecule has 0 saturated heterocycles. The molecule has 0 spiro atoms. The normalized spacial score (nSPS) is 10.1. The Kier molecular flexibility index (Phi) is 3.37. The molecule has 0 N–H and O–H groups in total. The van der Waals surface area contributed by atoms with Crippen LogP contribution in [0.4, 0.5) is 0 Å². The van der Waals surface area contributed by atoms with E-state index in [1.54, 1.807) is 17.8 Å². The van der Waals surface area contributed by atoms with Gasteiger partial charge in [0.15, 0.2) is 6.29 Å². The van der Waals surface area contributed by atoms with E-state index in [1.165, 1.54) is 4.90 Å². The Morgan fingerprint density at radius 3 is 2.50 bits per heavy atom. The fourth-order valence-electron chi connectivity index (χ4n) is 1.44. The van der Waals surface area contributed by atoms with Crippen molar-refractivity contribution in [3.05, 3.63) is 48.2 Å². The fraction of sp³-hybridized carbons (Fsp3) is 0.0769. The van der Waals surface area contributed by atoms with Crippen LogP contribution < -0.4 is 0 Å². The van der Waals surface area contributed by atoms with Gasteiger partial charge in [-0.05, 0) is 30.5 Å². The second-order valence-electron chi connectivity index (χ2n) is 3.29. The molecule has 0 atom stereocenters. The zero-order chi connectivity index (χ0) is 11.4. The number of nitrogens with zero attached hydrogens (tertiary/aromatic N) is 1. The maximum atomic E-state index is 10.6. The number of thioether (sulfide) groups is 1. The van der Waals surface area contributed by atoms with Gasteiger partial charge in [0, 0.05) is 10.5 Å². The van der Waals surface area contributed by atoms with E-state index in [0.29, 0.717) is 5.69 Å². The molecule has 1 heterocycles. The first-order chi connectivity index (χ1) is 7.83. The van der Waals surface area contributed by atoms with Gasteiger partial charge < -0.3 is 0 Å². The highest BCUT2D eigenvalue weighted by Gasteiger charge is 2.00. The molecular weight excluding hydrogens is 218 g/mol. The van der Waals surface area contributed by atoms with Crippen LogP contribution in [0.15, 0.2) is 47.4 Å². The molecule has 0 bridgehead atoms. The van der Waals surface area contributed by atoms with Crippen LogP contribution in [0.25, 0.3) is 11.3 Å². The van der Waals surface area contributed by atoms with Gasteiger partial charge in [-0.3, -0.25) is 4.79 Å². The van der Waals surface area contributed by atoms with E-state index < -0.39 is 0 Å². The van der Waals surface area contributed by atoms with Gasteiger partial charge in [0.25, 0.3) is 0 Å². The summed E-state index contributed by atoms with van der Waals surface area (Å²) in [6, 6.07) is 13.6.